The first-order chi connectivity index (χ1) is 9.61. The molecule has 1 aromatic heterocycles. The van der Waals surface area contributed by atoms with Crippen molar-refractivity contribution in [2.45, 2.75) is 25.7 Å². The number of β-amino-alcohol motifs (C(OH)–C–C–N with tert-alkyl or cyclic N) is 2. The van der Waals surface area contributed by atoms with Crippen LogP contribution in [0.5, 0.6) is 0 Å². The van der Waals surface area contributed by atoms with E-state index in [4.69, 9.17) is 4.52 Å². The van der Waals surface area contributed by atoms with Crippen molar-refractivity contribution >= 4 is 0 Å². The van der Waals surface area contributed by atoms with Gasteiger partial charge in [-0.1, -0.05) is 35.0 Å². The van der Waals surface area contributed by atoms with Gasteiger partial charge >= 0.3 is 0 Å². The molecule has 1 aliphatic heterocycles. The van der Waals surface area contributed by atoms with E-state index in [2.05, 4.69) is 10.1 Å². The van der Waals surface area contributed by atoms with E-state index in [-0.39, 0.29) is 0 Å². The Balaban J connectivity index is 1.69. The van der Waals surface area contributed by atoms with Crippen LogP contribution in [0.4, 0.5) is 0 Å². The minimum absolute atomic E-state index is 0.420. The van der Waals surface area contributed by atoms with Gasteiger partial charge in [-0.25, -0.2) is 0 Å². The number of hydrogen-bond donors (Lipinski definition) is 2. The molecule has 1 fully saturated rings. The lowest BCUT2D eigenvalue weighted by Crippen LogP contribution is -2.22. The topological polar surface area (TPSA) is 82.6 Å². The van der Waals surface area contributed by atoms with Crippen LogP contribution in [-0.2, 0) is 6.54 Å². The van der Waals surface area contributed by atoms with Crippen LogP contribution in [0.15, 0.2) is 28.8 Å². The lowest BCUT2D eigenvalue weighted by molar-refractivity contribution is 0.0572. The molecule has 0 bridgehead atoms. The van der Waals surface area contributed by atoms with Gasteiger partial charge in [0.2, 0.25) is 11.7 Å². The summed E-state index contributed by atoms with van der Waals surface area (Å²) in [6, 6.07) is 7.90. The molecule has 2 N–H and O–H groups in total. The Morgan fingerprint density at radius 3 is 2.50 bits per heavy atom. The molecule has 1 aliphatic rings. The van der Waals surface area contributed by atoms with Crippen LogP contribution in [0, 0.1) is 6.92 Å². The van der Waals surface area contributed by atoms with Crippen molar-refractivity contribution in [3.63, 3.8) is 0 Å². The molecule has 6 heteroatoms. The third-order valence-electron chi connectivity index (χ3n) is 3.47. The fraction of sp³-hybridized carbons (Fsp3) is 0.429. The standard InChI is InChI=1S/C14H17N3O3/c1-9-2-4-10(5-3-9)14-15-13(20-16-14)8-17-6-11(18)12(19)7-17/h2-5,11-12,18-19H,6-8H2,1H3. The number of aryl methyl sites for hydroxylation is 1. The highest BCUT2D eigenvalue weighted by molar-refractivity contribution is 5.54. The van der Waals surface area contributed by atoms with E-state index >= 15 is 0 Å². The number of hydrogen-bond acceptors (Lipinski definition) is 6. The van der Waals surface area contributed by atoms with Gasteiger partial charge in [-0.05, 0) is 6.92 Å². The quantitative estimate of drug-likeness (QED) is 0.852. The second-order valence-corrected chi connectivity index (χ2v) is 5.21. The predicted octanol–water partition coefficient (Wildman–Crippen LogP) is 0.582. The number of nitrogens with zero attached hydrogens (tertiary/aromatic N) is 3. The van der Waals surface area contributed by atoms with Gasteiger partial charge in [0.1, 0.15) is 0 Å². The van der Waals surface area contributed by atoms with E-state index in [9.17, 15) is 10.2 Å². The third kappa shape index (κ3) is 2.72. The number of aliphatic hydroxyl groups is 2. The molecule has 6 nitrogen and oxygen atoms in total. The minimum Gasteiger partial charge on any atom is -0.389 e. The molecule has 0 spiro atoms. The number of likely N-dealkylation sites (tertiary alicyclic amines) is 1. The van der Waals surface area contributed by atoms with Gasteiger partial charge in [0.25, 0.3) is 0 Å². The Morgan fingerprint density at radius 1 is 1.20 bits per heavy atom. The fourth-order valence-electron chi connectivity index (χ4n) is 2.31. The zero-order valence-corrected chi connectivity index (χ0v) is 11.2. The van der Waals surface area contributed by atoms with Crippen LogP contribution in [0.3, 0.4) is 0 Å². The van der Waals surface area contributed by atoms with Crippen LogP contribution in [0.2, 0.25) is 0 Å². The summed E-state index contributed by atoms with van der Waals surface area (Å²) in [4.78, 5) is 6.23. The van der Waals surface area contributed by atoms with E-state index in [1.54, 1.807) is 0 Å². The Labute approximate surface area is 116 Å². The second kappa shape index (κ2) is 5.32. The first-order valence-corrected chi connectivity index (χ1v) is 6.60. The highest BCUT2D eigenvalue weighted by Gasteiger charge is 2.30. The van der Waals surface area contributed by atoms with Crippen molar-refractivity contribution in [3.05, 3.63) is 35.7 Å². The van der Waals surface area contributed by atoms with Crippen molar-refractivity contribution in [3.8, 4) is 11.4 Å². The minimum atomic E-state index is -0.700. The van der Waals surface area contributed by atoms with Crippen LogP contribution in [0.25, 0.3) is 11.4 Å². The van der Waals surface area contributed by atoms with Crippen molar-refractivity contribution in [1.82, 2.24) is 15.0 Å². The lowest BCUT2D eigenvalue weighted by atomic mass is 10.1. The van der Waals surface area contributed by atoms with Crippen molar-refractivity contribution in [2.75, 3.05) is 13.1 Å². The Bertz CT molecular complexity index is 572. The molecule has 2 aromatic rings. The molecular formula is C14H17N3O3. The average Bonchev–Trinajstić information content (AvgIpc) is 2.99. The van der Waals surface area contributed by atoms with Gasteiger partial charge in [-0.15, -0.1) is 0 Å². The Morgan fingerprint density at radius 2 is 1.85 bits per heavy atom. The summed E-state index contributed by atoms with van der Waals surface area (Å²) >= 11 is 0. The van der Waals surface area contributed by atoms with Gasteiger partial charge in [0, 0.05) is 18.7 Å². The molecule has 2 heterocycles. The summed E-state index contributed by atoms with van der Waals surface area (Å²) in [6.45, 7) is 3.30. The zero-order chi connectivity index (χ0) is 14.1. The summed E-state index contributed by atoms with van der Waals surface area (Å²) in [5.74, 6) is 1.04. The van der Waals surface area contributed by atoms with Gasteiger partial charge in [0.05, 0.1) is 18.8 Å². The van der Waals surface area contributed by atoms with E-state index < -0.39 is 12.2 Å². The largest absolute Gasteiger partial charge is 0.389 e. The summed E-state index contributed by atoms with van der Waals surface area (Å²) in [5.41, 5.74) is 2.09. The maximum atomic E-state index is 9.50. The maximum absolute atomic E-state index is 9.50. The molecule has 2 atom stereocenters. The number of rotatable bonds is 3. The van der Waals surface area contributed by atoms with Crippen LogP contribution < -0.4 is 0 Å². The molecule has 106 valence electrons. The fourth-order valence-corrected chi connectivity index (χ4v) is 2.31. The number of benzene rings is 1. The molecule has 1 aromatic carbocycles. The molecule has 20 heavy (non-hydrogen) atoms. The molecular weight excluding hydrogens is 258 g/mol. The summed E-state index contributed by atoms with van der Waals surface area (Å²) in [6.07, 6.45) is -1.40. The molecule has 1 saturated heterocycles. The first kappa shape index (κ1) is 13.2. The van der Waals surface area contributed by atoms with Crippen molar-refractivity contribution in [2.24, 2.45) is 0 Å². The molecule has 0 amide bonds. The van der Waals surface area contributed by atoms with Gasteiger partial charge in [-0.3, -0.25) is 4.90 Å². The SMILES string of the molecule is Cc1ccc(-c2noc(CN3CC(O)C(O)C3)n2)cc1. The smallest absolute Gasteiger partial charge is 0.241 e. The lowest BCUT2D eigenvalue weighted by Gasteiger charge is -2.10. The highest BCUT2D eigenvalue weighted by atomic mass is 16.5. The van der Waals surface area contributed by atoms with Crippen LogP contribution >= 0.6 is 0 Å². The predicted molar refractivity (Wildman–Crippen MR) is 71.8 cm³/mol. The molecule has 0 saturated carbocycles. The summed E-state index contributed by atoms with van der Waals surface area (Å²) < 4.78 is 5.22. The Kier molecular flexibility index (Phi) is 3.52. The van der Waals surface area contributed by atoms with Gasteiger partial charge < -0.3 is 14.7 Å². The maximum Gasteiger partial charge on any atom is 0.241 e. The molecule has 0 radical (unpaired) electrons. The normalized spacial score (nSPS) is 23.4. The molecule has 0 aliphatic carbocycles. The van der Waals surface area contributed by atoms with E-state index in [0.717, 1.165) is 5.56 Å². The second-order valence-electron chi connectivity index (χ2n) is 5.21. The molecule has 3 rings (SSSR count). The third-order valence-corrected chi connectivity index (χ3v) is 3.47. The summed E-state index contributed by atoms with van der Waals surface area (Å²) in [7, 11) is 0. The number of aliphatic hydroxyl groups excluding tert-OH is 2. The zero-order valence-electron chi connectivity index (χ0n) is 11.2. The van der Waals surface area contributed by atoms with Gasteiger partial charge in [0.15, 0.2) is 0 Å². The van der Waals surface area contributed by atoms with E-state index in [1.807, 2.05) is 36.1 Å². The van der Waals surface area contributed by atoms with Gasteiger partial charge in [-0.2, -0.15) is 4.98 Å². The highest BCUT2D eigenvalue weighted by Crippen LogP contribution is 2.18. The van der Waals surface area contributed by atoms with E-state index in [0.29, 0.717) is 31.3 Å². The van der Waals surface area contributed by atoms with E-state index in [1.165, 1.54) is 5.56 Å². The average molecular weight is 275 g/mol. The first-order valence-electron chi connectivity index (χ1n) is 6.60. The van der Waals surface area contributed by atoms with Crippen molar-refractivity contribution in [1.29, 1.82) is 0 Å². The van der Waals surface area contributed by atoms with Crippen LogP contribution in [-0.4, -0.2) is 50.6 Å². The summed E-state index contributed by atoms with van der Waals surface area (Å²) in [5, 5.41) is 23.0. The Hall–Kier alpha value is -1.76. The van der Waals surface area contributed by atoms with Crippen LogP contribution in [0.1, 0.15) is 11.5 Å². The monoisotopic (exact) mass is 275 g/mol. The van der Waals surface area contributed by atoms with Crippen molar-refractivity contribution < 1.29 is 14.7 Å². The molecule has 2 unspecified atom stereocenters. The number of aromatic nitrogens is 2.